The molecule has 1 aliphatic heterocycles. The Balaban J connectivity index is 1.50. The zero-order chi connectivity index (χ0) is 16.8. The predicted molar refractivity (Wildman–Crippen MR) is 105 cm³/mol. The minimum absolute atomic E-state index is 0.0123. The van der Waals surface area contributed by atoms with Gasteiger partial charge in [0.15, 0.2) is 5.13 Å². The molecule has 0 aliphatic carbocycles. The van der Waals surface area contributed by atoms with Gasteiger partial charge in [-0.15, -0.1) is 11.3 Å². The summed E-state index contributed by atoms with van der Waals surface area (Å²) in [4.78, 5) is 20.8. The highest BCUT2D eigenvalue weighted by Gasteiger charge is 2.11. The fourth-order valence-electron chi connectivity index (χ4n) is 2.04. The zero-order valence-corrected chi connectivity index (χ0v) is 15.6. The van der Waals surface area contributed by atoms with E-state index >= 15 is 0 Å². The maximum absolute atomic E-state index is 12.0. The number of anilines is 1. The number of amides is 1. The average Bonchev–Trinajstić information content (AvgIpc) is 3.27. The molecule has 1 amide bonds. The van der Waals surface area contributed by atoms with Crippen molar-refractivity contribution in [2.75, 3.05) is 30.5 Å². The molecule has 0 spiro atoms. The molecule has 0 saturated carbocycles. The number of benzene rings is 1. The first-order valence-corrected chi connectivity index (χ1v) is 10.3. The number of aliphatic imine (C=N–C) groups is 1. The summed E-state index contributed by atoms with van der Waals surface area (Å²) in [6.07, 6.45) is 0.460. The number of aromatic nitrogens is 1. The summed E-state index contributed by atoms with van der Waals surface area (Å²) in [5.74, 6) is 2.60. The van der Waals surface area contributed by atoms with Crippen LogP contribution in [-0.2, 0) is 4.79 Å². The molecule has 126 valence electrons. The van der Waals surface area contributed by atoms with Gasteiger partial charge in [-0.1, -0.05) is 23.5 Å². The van der Waals surface area contributed by atoms with Crippen LogP contribution < -0.4 is 10.1 Å². The summed E-state index contributed by atoms with van der Waals surface area (Å²) < 4.78 is 6.25. The summed E-state index contributed by atoms with van der Waals surface area (Å²) >= 11 is 4.85. The predicted octanol–water partition coefficient (Wildman–Crippen LogP) is 3.98. The van der Waals surface area contributed by atoms with Crippen molar-refractivity contribution in [2.45, 2.75) is 6.42 Å². The van der Waals surface area contributed by atoms with Crippen molar-refractivity contribution in [3.63, 3.8) is 0 Å². The minimum Gasteiger partial charge on any atom is -0.497 e. The second kappa shape index (κ2) is 8.55. The number of carbonyl (C=O) groups is 1. The molecule has 2 aromatic rings. The first-order valence-electron chi connectivity index (χ1n) is 7.44. The zero-order valence-electron chi connectivity index (χ0n) is 13.2. The van der Waals surface area contributed by atoms with Crippen molar-refractivity contribution in [2.24, 2.45) is 4.99 Å². The largest absolute Gasteiger partial charge is 0.497 e. The van der Waals surface area contributed by atoms with E-state index in [2.05, 4.69) is 15.3 Å². The van der Waals surface area contributed by atoms with Crippen LogP contribution in [-0.4, -0.2) is 40.4 Å². The van der Waals surface area contributed by atoms with E-state index in [0.29, 0.717) is 11.6 Å². The number of nitrogens with zero attached hydrogens (tertiary/aromatic N) is 2. The number of ether oxygens (including phenoxy) is 1. The van der Waals surface area contributed by atoms with Crippen LogP contribution in [0.1, 0.15) is 6.42 Å². The van der Waals surface area contributed by atoms with Crippen molar-refractivity contribution in [1.29, 1.82) is 0 Å². The fraction of sp³-hybridized carbons (Fsp3) is 0.312. The summed E-state index contributed by atoms with van der Waals surface area (Å²) in [6, 6.07) is 7.70. The van der Waals surface area contributed by atoms with Gasteiger partial charge in [0.1, 0.15) is 10.1 Å². The molecule has 3 rings (SSSR count). The van der Waals surface area contributed by atoms with Crippen LogP contribution in [0.5, 0.6) is 5.75 Å². The third-order valence-corrected chi connectivity index (χ3v) is 6.26. The van der Waals surface area contributed by atoms with E-state index in [4.69, 9.17) is 4.74 Å². The molecule has 0 unspecified atom stereocenters. The second-order valence-corrected chi connectivity index (χ2v) is 8.19. The second-order valence-electron chi connectivity index (χ2n) is 4.91. The quantitative estimate of drug-likeness (QED) is 0.822. The number of nitrogens with one attached hydrogen (secondary N) is 1. The molecular formula is C16H17N3O2S3. The molecule has 0 radical (unpaired) electrons. The molecule has 2 heterocycles. The Hall–Kier alpha value is -1.51. The first kappa shape index (κ1) is 17.3. The highest BCUT2D eigenvalue weighted by atomic mass is 32.2. The molecule has 1 aromatic heterocycles. The van der Waals surface area contributed by atoms with Crippen LogP contribution in [0.3, 0.4) is 0 Å². The topological polar surface area (TPSA) is 63.6 Å². The van der Waals surface area contributed by atoms with Gasteiger partial charge in [0.05, 0.1) is 19.3 Å². The van der Waals surface area contributed by atoms with Gasteiger partial charge in [-0.2, -0.15) is 0 Å². The van der Waals surface area contributed by atoms with E-state index in [1.54, 1.807) is 30.6 Å². The molecular weight excluding hydrogens is 362 g/mol. The fourth-order valence-corrected chi connectivity index (χ4v) is 4.79. The van der Waals surface area contributed by atoms with Crippen LogP contribution in [0.25, 0.3) is 11.3 Å². The molecule has 1 N–H and O–H groups in total. The van der Waals surface area contributed by atoms with E-state index < -0.39 is 0 Å². The molecule has 0 bridgehead atoms. The van der Waals surface area contributed by atoms with E-state index in [-0.39, 0.29) is 5.91 Å². The van der Waals surface area contributed by atoms with Crippen molar-refractivity contribution in [3.05, 3.63) is 29.6 Å². The highest BCUT2D eigenvalue weighted by Crippen LogP contribution is 2.27. The number of hydrogen-bond donors (Lipinski definition) is 1. The number of rotatable bonds is 6. The Kier molecular flexibility index (Phi) is 6.17. The molecule has 0 saturated heterocycles. The average molecular weight is 380 g/mol. The standard InChI is InChI=1S/C16H17N3O2S3/c1-21-12-4-2-11(3-5-12)13-10-24-15(18-13)19-14(20)6-8-22-16-17-7-9-23-16/h2-5,10H,6-9H2,1H3,(H,18,19,20). The number of hydrogen-bond acceptors (Lipinski definition) is 7. The van der Waals surface area contributed by atoms with Crippen LogP contribution in [0, 0.1) is 0 Å². The number of thioether (sulfide) groups is 2. The van der Waals surface area contributed by atoms with Gasteiger partial charge in [0, 0.05) is 28.9 Å². The van der Waals surface area contributed by atoms with Crippen LogP contribution in [0.4, 0.5) is 5.13 Å². The Bertz CT molecular complexity index is 728. The maximum Gasteiger partial charge on any atom is 0.226 e. The number of carbonyl (C=O) groups excluding carboxylic acids is 1. The molecule has 24 heavy (non-hydrogen) atoms. The maximum atomic E-state index is 12.0. The van der Waals surface area contributed by atoms with E-state index in [1.807, 2.05) is 29.6 Å². The van der Waals surface area contributed by atoms with Crippen molar-refractivity contribution in [1.82, 2.24) is 4.98 Å². The van der Waals surface area contributed by atoms with E-state index in [9.17, 15) is 4.79 Å². The summed E-state index contributed by atoms with van der Waals surface area (Å²) in [5, 5.41) is 5.43. The Morgan fingerprint density at radius 2 is 2.21 bits per heavy atom. The molecule has 1 aromatic carbocycles. The third-order valence-electron chi connectivity index (χ3n) is 3.25. The van der Waals surface area contributed by atoms with Crippen molar-refractivity contribution in [3.8, 4) is 17.0 Å². The molecule has 8 heteroatoms. The van der Waals surface area contributed by atoms with Crippen molar-refractivity contribution >= 4 is 50.3 Å². The van der Waals surface area contributed by atoms with Crippen molar-refractivity contribution < 1.29 is 9.53 Å². The van der Waals surface area contributed by atoms with E-state index in [1.165, 1.54) is 11.3 Å². The monoisotopic (exact) mass is 379 g/mol. The third kappa shape index (κ3) is 4.75. The molecule has 0 atom stereocenters. The Labute approximate surface area is 153 Å². The van der Waals surface area contributed by atoms with Gasteiger partial charge < -0.3 is 10.1 Å². The van der Waals surface area contributed by atoms with Gasteiger partial charge >= 0.3 is 0 Å². The normalized spacial score (nSPS) is 13.6. The lowest BCUT2D eigenvalue weighted by atomic mass is 10.2. The SMILES string of the molecule is COc1ccc(-c2csc(NC(=O)CCSC3=NCCS3)n2)cc1. The van der Waals surface area contributed by atoms with Crippen LogP contribution in [0.15, 0.2) is 34.6 Å². The first-order chi connectivity index (χ1) is 11.7. The van der Waals surface area contributed by atoms with Crippen LogP contribution in [0.2, 0.25) is 0 Å². The number of thiazole rings is 1. The van der Waals surface area contributed by atoms with Gasteiger partial charge in [0.25, 0.3) is 0 Å². The highest BCUT2D eigenvalue weighted by molar-refractivity contribution is 8.39. The van der Waals surface area contributed by atoms with Crippen LogP contribution >= 0.6 is 34.9 Å². The van der Waals surface area contributed by atoms with Gasteiger partial charge in [-0.25, -0.2) is 4.98 Å². The lowest BCUT2D eigenvalue weighted by Gasteiger charge is -2.02. The van der Waals surface area contributed by atoms with Gasteiger partial charge in [-0.05, 0) is 24.3 Å². The molecule has 5 nitrogen and oxygen atoms in total. The Morgan fingerprint density at radius 3 is 2.92 bits per heavy atom. The summed E-state index contributed by atoms with van der Waals surface area (Å²) in [6.45, 7) is 0.895. The molecule has 1 aliphatic rings. The smallest absolute Gasteiger partial charge is 0.226 e. The van der Waals surface area contributed by atoms with Gasteiger partial charge in [0.2, 0.25) is 5.91 Å². The van der Waals surface area contributed by atoms with Gasteiger partial charge in [-0.3, -0.25) is 9.79 Å². The summed E-state index contributed by atoms with van der Waals surface area (Å²) in [7, 11) is 1.64. The molecule has 0 fully saturated rings. The summed E-state index contributed by atoms with van der Waals surface area (Å²) in [5.41, 5.74) is 1.85. The lowest BCUT2D eigenvalue weighted by Crippen LogP contribution is -2.12. The minimum atomic E-state index is -0.0123. The lowest BCUT2D eigenvalue weighted by molar-refractivity contribution is -0.115. The number of methoxy groups -OCH3 is 1. The van der Waals surface area contributed by atoms with E-state index in [0.717, 1.165) is 39.4 Å². The Morgan fingerprint density at radius 1 is 1.38 bits per heavy atom.